The normalized spacial score (nSPS) is 11.2. The van der Waals surface area contributed by atoms with Gasteiger partial charge in [0.2, 0.25) is 0 Å². The van der Waals surface area contributed by atoms with Crippen LogP contribution in [0.5, 0.6) is 0 Å². The van der Waals surface area contributed by atoms with Gasteiger partial charge in [-0.25, -0.2) is 0 Å². The monoisotopic (exact) mass is 294 g/mol. The molecule has 2 aromatic carbocycles. The second kappa shape index (κ2) is 7.09. The van der Waals surface area contributed by atoms with Crippen molar-refractivity contribution in [2.45, 2.75) is 13.0 Å². The molecule has 0 radical (unpaired) electrons. The van der Waals surface area contributed by atoms with Crippen LogP contribution in [0.15, 0.2) is 54.7 Å². The number of nitrogens with zero attached hydrogens (tertiary/aromatic N) is 2. The molecule has 0 saturated heterocycles. The smallest absolute Gasteiger partial charge is 0.0651 e. The van der Waals surface area contributed by atoms with E-state index in [1.807, 2.05) is 6.20 Å². The molecular weight excluding hydrogens is 272 g/mol. The summed E-state index contributed by atoms with van der Waals surface area (Å²) in [6.45, 7) is 3.06. The van der Waals surface area contributed by atoms with Gasteiger partial charge >= 0.3 is 0 Å². The van der Waals surface area contributed by atoms with Crippen molar-refractivity contribution in [3.8, 4) is 0 Å². The summed E-state index contributed by atoms with van der Waals surface area (Å²) in [4.78, 5) is 2.36. The van der Waals surface area contributed by atoms with Crippen LogP contribution in [0.1, 0.15) is 12.0 Å². The molecule has 1 aromatic heterocycles. The third-order valence-corrected chi connectivity index (χ3v) is 3.78. The highest BCUT2D eigenvalue weighted by Crippen LogP contribution is 2.16. The Labute approximate surface area is 131 Å². The Bertz CT molecular complexity index is 705. The Balaban J connectivity index is 1.41. The van der Waals surface area contributed by atoms with Gasteiger partial charge in [0.05, 0.1) is 11.7 Å². The van der Waals surface area contributed by atoms with Gasteiger partial charge < -0.3 is 10.2 Å². The Morgan fingerprint density at radius 2 is 2.00 bits per heavy atom. The molecule has 0 aliphatic heterocycles. The first kappa shape index (κ1) is 14.6. The van der Waals surface area contributed by atoms with Gasteiger partial charge in [-0.1, -0.05) is 30.3 Å². The van der Waals surface area contributed by atoms with Gasteiger partial charge in [0.25, 0.3) is 0 Å². The summed E-state index contributed by atoms with van der Waals surface area (Å²) in [7, 11) is 2.17. The molecule has 0 aliphatic carbocycles. The zero-order chi connectivity index (χ0) is 15.2. The zero-order valence-corrected chi connectivity index (χ0v) is 12.9. The number of hydrogen-bond donors (Lipinski definition) is 2. The maximum atomic E-state index is 4.04. The van der Waals surface area contributed by atoms with Gasteiger partial charge in [-0.15, -0.1) is 0 Å². The standard InChI is InChI=1S/C18H22N4/c1-22(14-15-6-3-2-4-7-15)11-5-10-19-17-8-9-18-16(12-17)13-20-21-18/h2-4,6-9,12-13,19H,5,10-11,14H2,1H3,(H,20,21). The van der Waals surface area contributed by atoms with E-state index in [0.717, 1.165) is 42.6 Å². The molecule has 0 atom stereocenters. The molecule has 3 rings (SSSR count). The Morgan fingerprint density at radius 1 is 1.14 bits per heavy atom. The lowest BCUT2D eigenvalue weighted by Gasteiger charge is -2.17. The second-order valence-electron chi connectivity index (χ2n) is 5.68. The van der Waals surface area contributed by atoms with Crippen molar-refractivity contribution in [3.63, 3.8) is 0 Å². The van der Waals surface area contributed by atoms with Crippen molar-refractivity contribution < 1.29 is 0 Å². The molecule has 4 heteroatoms. The molecule has 0 aliphatic rings. The highest BCUT2D eigenvalue weighted by molar-refractivity contribution is 5.81. The van der Waals surface area contributed by atoms with Crippen molar-refractivity contribution in [1.82, 2.24) is 15.1 Å². The van der Waals surface area contributed by atoms with Crippen molar-refractivity contribution in [3.05, 3.63) is 60.3 Å². The summed E-state index contributed by atoms with van der Waals surface area (Å²) in [6.07, 6.45) is 2.97. The maximum absolute atomic E-state index is 4.04. The van der Waals surface area contributed by atoms with E-state index in [4.69, 9.17) is 0 Å². The molecule has 0 unspecified atom stereocenters. The van der Waals surface area contributed by atoms with Gasteiger partial charge in [-0.05, 0) is 43.8 Å². The maximum Gasteiger partial charge on any atom is 0.0651 e. The third-order valence-electron chi connectivity index (χ3n) is 3.78. The van der Waals surface area contributed by atoms with Crippen LogP contribution < -0.4 is 5.32 Å². The van der Waals surface area contributed by atoms with Gasteiger partial charge in [-0.2, -0.15) is 5.10 Å². The summed E-state index contributed by atoms with van der Waals surface area (Å²) in [5, 5.41) is 11.6. The number of aromatic nitrogens is 2. The van der Waals surface area contributed by atoms with E-state index < -0.39 is 0 Å². The second-order valence-corrected chi connectivity index (χ2v) is 5.68. The first-order chi connectivity index (χ1) is 10.8. The van der Waals surface area contributed by atoms with Crippen LogP contribution in [-0.2, 0) is 6.54 Å². The molecule has 0 spiro atoms. The van der Waals surface area contributed by atoms with E-state index in [0.29, 0.717) is 0 Å². The molecule has 0 fully saturated rings. The number of benzene rings is 2. The van der Waals surface area contributed by atoms with Crippen LogP contribution in [0.2, 0.25) is 0 Å². The Hall–Kier alpha value is -2.33. The van der Waals surface area contributed by atoms with E-state index in [1.54, 1.807) is 0 Å². The van der Waals surface area contributed by atoms with E-state index in [1.165, 1.54) is 5.56 Å². The van der Waals surface area contributed by atoms with Crippen LogP contribution >= 0.6 is 0 Å². The lowest BCUT2D eigenvalue weighted by atomic mass is 10.2. The summed E-state index contributed by atoms with van der Waals surface area (Å²) in [6, 6.07) is 16.9. The quantitative estimate of drug-likeness (QED) is 0.656. The lowest BCUT2D eigenvalue weighted by Crippen LogP contribution is -2.21. The number of fused-ring (bicyclic) bond motifs is 1. The molecule has 3 aromatic rings. The fourth-order valence-corrected chi connectivity index (χ4v) is 2.61. The number of rotatable bonds is 7. The molecule has 2 N–H and O–H groups in total. The largest absolute Gasteiger partial charge is 0.385 e. The fourth-order valence-electron chi connectivity index (χ4n) is 2.61. The Morgan fingerprint density at radius 3 is 2.86 bits per heavy atom. The van der Waals surface area contributed by atoms with E-state index in [9.17, 15) is 0 Å². The van der Waals surface area contributed by atoms with Gasteiger partial charge in [0.1, 0.15) is 0 Å². The number of nitrogens with one attached hydrogen (secondary N) is 2. The van der Waals surface area contributed by atoms with Crippen molar-refractivity contribution in [1.29, 1.82) is 0 Å². The summed E-state index contributed by atoms with van der Waals surface area (Å²) in [5.74, 6) is 0. The van der Waals surface area contributed by atoms with Crippen molar-refractivity contribution in [2.24, 2.45) is 0 Å². The van der Waals surface area contributed by atoms with E-state index >= 15 is 0 Å². The third kappa shape index (κ3) is 3.86. The molecule has 0 bridgehead atoms. The average Bonchev–Trinajstić information content (AvgIpc) is 3.00. The lowest BCUT2D eigenvalue weighted by molar-refractivity contribution is 0.325. The van der Waals surface area contributed by atoms with Crippen LogP contribution in [0, 0.1) is 0 Å². The molecule has 22 heavy (non-hydrogen) atoms. The van der Waals surface area contributed by atoms with Crippen LogP contribution in [0.3, 0.4) is 0 Å². The number of hydrogen-bond acceptors (Lipinski definition) is 3. The fraction of sp³-hybridized carbons (Fsp3) is 0.278. The minimum atomic E-state index is 0.975. The minimum absolute atomic E-state index is 0.975. The summed E-state index contributed by atoms with van der Waals surface area (Å²) < 4.78 is 0. The minimum Gasteiger partial charge on any atom is -0.385 e. The Kier molecular flexibility index (Phi) is 4.71. The van der Waals surface area contributed by atoms with Crippen LogP contribution in [0.4, 0.5) is 5.69 Å². The molecular formula is C18H22N4. The van der Waals surface area contributed by atoms with Crippen molar-refractivity contribution in [2.75, 3.05) is 25.5 Å². The average molecular weight is 294 g/mol. The zero-order valence-electron chi connectivity index (χ0n) is 12.9. The topological polar surface area (TPSA) is 44.0 Å². The molecule has 0 saturated carbocycles. The van der Waals surface area contributed by atoms with Crippen LogP contribution in [0.25, 0.3) is 10.9 Å². The first-order valence-corrected chi connectivity index (χ1v) is 7.71. The first-order valence-electron chi connectivity index (χ1n) is 7.71. The van der Waals surface area contributed by atoms with Gasteiger partial charge in [0, 0.05) is 24.2 Å². The predicted molar refractivity (Wildman–Crippen MR) is 92.0 cm³/mol. The molecule has 0 amide bonds. The van der Waals surface area contributed by atoms with Crippen molar-refractivity contribution >= 4 is 16.6 Å². The number of anilines is 1. The summed E-state index contributed by atoms with van der Waals surface area (Å²) in [5.41, 5.74) is 3.59. The van der Waals surface area contributed by atoms with Crippen LogP contribution in [-0.4, -0.2) is 35.2 Å². The highest BCUT2D eigenvalue weighted by Gasteiger charge is 2.01. The number of aromatic amines is 1. The molecule has 4 nitrogen and oxygen atoms in total. The number of H-pyrrole nitrogens is 1. The van der Waals surface area contributed by atoms with Gasteiger partial charge in [0.15, 0.2) is 0 Å². The molecule has 114 valence electrons. The van der Waals surface area contributed by atoms with E-state index in [2.05, 4.69) is 76.0 Å². The molecule has 1 heterocycles. The van der Waals surface area contributed by atoms with Gasteiger partial charge in [-0.3, -0.25) is 5.10 Å². The highest BCUT2D eigenvalue weighted by atomic mass is 15.1. The van der Waals surface area contributed by atoms with E-state index in [-0.39, 0.29) is 0 Å². The SMILES string of the molecule is CN(CCCNc1ccc2[nH]ncc2c1)Cc1ccccc1. The summed E-state index contributed by atoms with van der Waals surface area (Å²) >= 11 is 0. The predicted octanol–water partition coefficient (Wildman–Crippen LogP) is 3.50.